The molecule has 0 spiro atoms. The van der Waals surface area contributed by atoms with Crippen LogP contribution in [0.15, 0.2) is 46.9 Å². The first-order valence-electron chi connectivity index (χ1n) is 6.80. The fourth-order valence-electron chi connectivity index (χ4n) is 2.50. The maximum atomic E-state index is 9.16. The van der Waals surface area contributed by atoms with Gasteiger partial charge in [0, 0.05) is 4.47 Å². The van der Waals surface area contributed by atoms with Crippen molar-refractivity contribution in [2.75, 3.05) is 13.2 Å². The van der Waals surface area contributed by atoms with Gasteiger partial charge in [0.25, 0.3) is 0 Å². The van der Waals surface area contributed by atoms with E-state index in [1.54, 1.807) is 12.1 Å². The van der Waals surface area contributed by atoms with E-state index in [0.29, 0.717) is 24.5 Å². The second-order valence-corrected chi connectivity index (χ2v) is 5.79. The maximum Gasteiger partial charge on any atom is 0.137 e. The SMILES string of the molecule is N#Cc1cc(Br)ccc1OCC1OCCc2ccccc21. The Morgan fingerprint density at radius 2 is 2.14 bits per heavy atom. The summed E-state index contributed by atoms with van der Waals surface area (Å²) in [5.41, 5.74) is 3.02. The number of nitriles is 1. The van der Waals surface area contributed by atoms with Crippen molar-refractivity contribution < 1.29 is 9.47 Å². The van der Waals surface area contributed by atoms with Gasteiger partial charge in [-0.3, -0.25) is 0 Å². The fraction of sp³-hybridized carbons (Fsp3) is 0.235. The number of fused-ring (bicyclic) bond motifs is 1. The number of ether oxygens (including phenoxy) is 2. The van der Waals surface area contributed by atoms with Crippen LogP contribution in [0, 0.1) is 11.3 Å². The lowest BCUT2D eigenvalue weighted by molar-refractivity contribution is 0.0101. The Morgan fingerprint density at radius 1 is 1.29 bits per heavy atom. The summed E-state index contributed by atoms with van der Waals surface area (Å²) in [6.45, 7) is 1.11. The van der Waals surface area contributed by atoms with E-state index < -0.39 is 0 Å². The first-order chi connectivity index (χ1) is 10.3. The summed E-state index contributed by atoms with van der Waals surface area (Å²) in [5.74, 6) is 0.590. The van der Waals surface area contributed by atoms with Gasteiger partial charge in [0.15, 0.2) is 0 Å². The molecule has 0 fully saturated rings. The van der Waals surface area contributed by atoms with Gasteiger partial charge in [0.2, 0.25) is 0 Å². The highest BCUT2D eigenvalue weighted by molar-refractivity contribution is 9.10. The zero-order valence-electron chi connectivity index (χ0n) is 11.4. The smallest absolute Gasteiger partial charge is 0.137 e. The second-order valence-electron chi connectivity index (χ2n) is 4.87. The molecule has 3 rings (SSSR count). The van der Waals surface area contributed by atoms with E-state index in [-0.39, 0.29) is 6.10 Å². The van der Waals surface area contributed by atoms with Crippen molar-refractivity contribution in [1.29, 1.82) is 5.26 Å². The van der Waals surface area contributed by atoms with Gasteiger partial charge in [-0.1, -0.05) is 40.2 Å². The lowest BCUT2D eigenvalue weighted by Gasteiger charge is -2.26. The average Bonchev–Trinajstić information content (AvgIpc) is 2.53. The van der Waals surface area contributed by atoms with Gasteiger partial charge in [-0.05, 0) is 35.7 Å². The number of halogens is 1. The van der Waals surface area contributed by atoms with Gasteiger partial charge >= 0.3 is 0 Å². The monoisotopic (exact) mass is 343 g/mol. The van der Waals surface area contributed by atoms with Crippen molar-refractivity contribution in [3.8, 4) is 11.8 Å². The average molecular weight is 344 g/mol. The minimum atomic E-state index is -0.0786. The van der Waals surface area contributed by atoms with Crippen LogP contribution < -0.4 is 4.74 Å². The van der Waals surface area contributed by atoms with Crippen LogP contribution in [0.5, 0.6) is 5.75 Å². The quantitative estimate of drug-likeness (QED) is 0.845. The topological polar surface area (TPSA) is 42.2 Å². The van der Waals surface area contributed by atoms with Gasteiger partial charge in [-0.15, -0.1) is 0 Å². The Morgan fingerprint density at radius 3 is 3.00 bits per heavy atom. The molecular weight excluding hydrogens is 330 g/mol. The second kappa shape index (κ2) is 6.30. The Hall–Kier alpha value is -1.83. The van der Waals surface area contributed by atoms with Crippen molar-refractivity contribution in [2.24, 2.45) is 0 Å². The molecule has 0 saturated carbocycles. The molecule has 0 aliphatic carbocycles. The van der Waals surface area contributed by atoms with E-state index in [0.717, 1.165) is 10.9 Å². The number of hydrogen-bond acceptors (Lipinski definition) is 3. The molecule has 1 atom stereocenters. The highest BCUT2D eigenvalue weighted by atomic mass is 79.9. The molecule has 0 radical (unpaired) electrons. The fourth-order valence-corrected chi connectivity index (χ4v) is 2.86. The third kappa shape index (κ3) is 3.10. The number of benzene rings is 2. The Bertz CT molecular complexity index is 693. The predicted molar refractivity (Wildman–Crippen MR) is 83.2 cm³/mol. The standard InChI is InChI=1S/C17H14BrNO2/c18-14-5-6-16(13(9-14)10-19)21-11-17-15-4-2-1-3-12(15)7-8-20-17/h1-6,9,17H,7-8,11H2. The molecule has 0 saturated heterocycles. The highest BCUT2D eigenvalue weighted by Crippen LogP contribution is 2.29. The van der Waals surface area contributed by atoms with Crippen molar-refractivity contribution in [1.82, 2.24) is 0 Å². The van der Waals surface area contributed by atoms with E-state index in [1.165, 1.54) is 11.1 Å². The van der Waals surface area contributed by atoms with Crippen LogP contribution in [0.3, 0.4) is 0 Å². The minimum absolute atomic E-state index is 0.0786. The molecule has 1 unspecified atom stereocenters. The van der Waals surface area contributed by atoms with Gasteiger partial charge in [-0.2, -0.15) is 5.26 Å². The molecule has 4 heteroatoms. The largest absolute Gasteiger partial charge is 0.489 e. The van der Waals surface area contributed by atoms with Crippen LogP contribution in [0.25, 0.3) is 0 Å². The molecule has 0 bridgehead atoms. The predicted octanol–water partition coefficient (Wildman–Crippen LogP) is 4.01. The molecule has 0 aromatic heterocycles. The van der Waals surface area contributed by atoms with E-state index in [1.807, 2.05) is 18.2 Å². The minimum Gasteiger partial charge on any atom is -0.489 e. The normalized spacial score (nSPS) is 16.9. The first kappa shape index (κ1) is 14.1. The lowest BCUT2D eigenvalue weighted by Crippen LogP contribution is -2.21. The molecular formula is C17H14BrNO2. The van der Waals surface area contributed by atoms with Crippen molar-refractivity contribution in [3.05, 3.63) is 63.6 Å². The van der Waals surface area contributed by atoms with Crippen molar-refractivity contribution in [3.63, 3.8) is 0 Å². The maximum absolute atomic E-state index is 9.16. The van der Waals surface area contributed by atoms with Crippen LogP contribution in [0.4, 0.5) is 0 Å². The molecule has 1 aliphatic heterocycles. The molecule has 106 valence electrons. The molecule has 0 N–H and O–H groups in total. The van der Waals surface area contributed by atoms with Crippen molar-refractivity contribution >= 4 is 15.9 Å². The van der Waals surface area contributed by atoms with E-state index in [4.69, 9.17) is 14.7 Å². The third-order valence-corrected chi connectivity index (χ3v) is 4.04. The van der Waals surface area contributed by atoms with Gasteiger partial charge in [-0.25, -0.2) is 0 Å². The molecule has 21 heavy (non-hydrogen) atoms. The van der Waals surface area contributed by atoms with Gasteiger partial charge in [0.1, 0.15) is 24.5 Å². The molecule has 2 aromatic carbocycles. The van der Waals surface area contributed by atoms with Crippen LogP contribution in [-0.4, -0.2) is 13.2 Å². The molecule has 1 heterocycles. The third-order valence-electron chi connectivity index (χ3n) is 3.54. The summed E-state index contributed by atoms with van der Waals surface area (Å²) in [4.78, 5) is 0. The van der Waals surface area contributed by atoms with E-state index in [2.05, 4.69) is 34.1 Å². The van der Waals surface area contributed by atoms with Gasteiger partial charge in [0.05, 0.1) is 12.2 Å². The molecule has 1 aliphatic rings. The lowest BCUT2D eigenvalue weighted by atomic mass is 9.98. The Kier molecular flexibility index (Phi) is 4.23. The van der Waals surface area contributed by atoms with Crippen molar-refractivity contribution in [2.45, 2.75) is 12.5 Å². The summed E-state index contributed by atoms with van der Waals surface area (Å²) in [7, 11) is 0. The number of rotatable bonds is 3. The zero-order chi connectivity index (χ0) is 14.7. The summed E-state index contributed by atoms with van der Waals surface area (Å²) in [6, 6.07) is 15.8. The Balaban J connectivity index is 1.76. The summed E-state index contributed by atoms with van der Waals surface area (Å²) in [5, 5.41) is 9.16. The molecule has 0 amide bonds. The number of hydrogen-bond donors (Lipinski definition) is 0. The van der Waals surface area contributed by atoms with Crippen LogP contribution in [0.2, 0.25) is 0 Å². The molecule has 3 nitrogen and oxygen atoms in total. The van der Waals surface area contributed by atoms with E-state index >= 15 is 0 Å². The summed E-state index contributed by atoms with van der Waals surface area (Å²) in [6.07, 6.45) is 0.860. The summed E-state index contributed by atoms with van der Waals surface area (Å²) >= 11 is 3.35. The Labute approximate surface area is 132 Å². The highest BCUT2D eigenvalue weighted by Gasteiger charge is 2.21. The molecule has 2 aromatic rings. The zero-order valence-corrected chi connectivity index (χ0v) is 13.0. The van der Waals surface area contributed by atoms with Crippen LogP contribution >= 0.6 is 15.9 Å². The van der Waals surface area contributed by atoms with Crippen LogP contribution in [0.1, 0.15) is 22.8 Å². The summed E-state index contributed by atoms with van der Waals surface area (Å²) < 4.78 is 12.5. The first-order valence-corrected chi connectivity index (χ1v) is 7.59. The van der Waals surface area contributed by atoms with E-state index in [9.17, 15) is 0 Å². The van der Waals surface area contributed by atoms with Crippen LogP contribution in [-0.2, 0) is 11.2 Å². The number of nitrogens with zero attached hydrogens (tertiary/aromatic N) is 1. The van der Waals surface area contributed by atoms with Gasteiger partial charge < -0.3 is 9.47 Å².